The highest BCUT2D eigenvalue weighted by molar-refractivity contribution is 6.21. The van der Waals surface area contributed by atoms with E-state index in [1.165, 1.54) is 0 Å². The molecule has 2 amide bonds. The molecule has 1 unspecified atom stereocenters. The second-order valence-electron chi connectivity index (χ2n) is 5.09. The molecule has 0 aliphatic carbocycles. The van der Waals surface area contributed by atoms with Gasteiger partial charge in [0.25, 0.3) is 11.8 Å². The van der Waals surface area contributed by atoms with Crippen molar-refractivity contribution in [1.29, 1.82) is 0 Å². The first-order chi connectivity index (χ1) is 9.45. The van der Waals surface area contributed by atoms with Crippen molar-refractivity contribution < 1.29 is 19.5 Å². The van der Waals surface area contributed by atoms with Crippen LogP contribution in [0.25, 0.3) is 0 Å². The van der Waals surface area contributed by atoms with Crippen molar-refractivity contribution in [1.82, 2.24) is 4.90 Å². The first-order valence-corrected chi connectivity index (χ1v) is 6.65. The lowest BCUT2D eigenvalue weighted by molar-refractivity contribution is -0.142. The number of aliphatic carboxylic acids is 1. The zero-order valence-electron chi connectivity index (χ0n) is 11.5. The van der Waals surface area contributed by atoms with E-state index in [9.17, 15) is 14.4 Å². The number of hydrogen-bond acceptors (Lipinski definition) is 3. The molecule has 1 aromatic rings. The van der Waals surface area contributed by atoms with Gasteiger partial charge in [-0.3, -0.25) is 19.3 Å². The fourth-order valence-corrected chi connectivity index (χ4v) is 2.43. The Bertz CT molecular complexity index is 579. The zero-order valence-corrected chi connectivity index (χ0v) is 11.5. The van der Waals surface area contributed by atoms with Gasteiger partial charge in [0.1, 0.15) is 0 Å². The first kappa shape index (κ1) is 14.2. The van der Waals surface area contributed by atoms with Gasteiger partial charge in [0.15, 0.2) is 0 Å². The number of nitrogens with zero attached hydrogens (tertiary/aromatic N) is 1. The first-order valence-electron chi connectivity index (χ1n) is 6.65. The Morgan fingerprint density at radius 1 is 1.25 bits per heavy atom. The topological polar surface area (TPSA) is 74.7 Å². The summed E-state index contributed by atoms with van der Waals surface area (Å²) < 4.78 is 0. The molecule has 1 aromatic carbocycles. The number of carboxylic acids is 1. The predicted molar refractivity (Wildman–Crippen MR) is 72.6 cm³/mol. The third-order valence-corrected chi connectivity index (χ3v) is 3.52. The monoisotopic (exact) mass is 275 g/mol. The molecular formula is C15H17NO4. The molecule has 0 saturated carbocycles. The Balaban J connectivity index is 2.26. The second kappa shape index (κ2) is 5.45. The maximum Gasteiger partial charge on any atom is 0.308 e. The van der Waals surface area contributed by atoms with E-state index in [0.29, 0.717) is 24.0 Å². The molecule has 2 rings (SSSR count). The SMILES string of the molecule is CCCC(CN1C(=O)c2ccc(C)cc2C1=O)C(=O)O. The van der Waals surface area contributed by atoms with Crippen LogP contribution in [0.5, 0.6) is 0 Å². The number of imide groups is 1. The predicted octanol–water partition coefficient (Wildman–Crippen LogP) is 2.09. The molecule has 0 bridgehead atoms. The Morgan fingerprint density at radius 3 is 2.50 bits per heavy atom. The van der Waals surface area contributed by atoms with Gasteiger partial charge in [0.05, 0.1) is 17.0 Å². The van der Waals surface area contributed by atoms with Crippen molar-refractivity contribution in [2.24, 2.45) is 5.92 Å². The van der Waals surface area contributed by atoms with E-state index in [1.54, 1.807) is 18.2 Å². The molecule has 0 spiro atoms. The molecule has 5 heteroatoms. The van der Waals surface area contributed by atoms with Gasteiger partial charge in [-0.15, -0.1) is 0 Å². The van der Waals surface area contributed by atoms with E-state index in [2.05, 4.69) is 0 Å². The molecule has 0 saturated heterocycles. The smallest absolute Gasteiger partial charge is 0.308 e. The van der Waals surface area contributed by atoms with E-state index in [0.717, 1.165) is 10.5 Å². The summed E-state index contributed by atoms with van der Waals surface area (Å²) in [7, 11) is 0. The van der Waals surface area contributed by atoms with Crippen molar-refractivity contribution in [3.63, 3.8) is 0 Å². The number of amides is 2. The van der Waals surface area contributed by atoms with Crippen LogP contribution in [0.2, 0.25) is 0 Å². The fraction of sp³-hybridized carbons (Fsp3) is 0.400. The summed E-state index contributed by atoms with van der Waals surface area (Å²) in [5.41, 5.74) is 1.63. The lowest BCUT2D eigenvalue weighted by Gasteiger charge is -2.18. The largest absolute Gasteiger partial charge is 0.481 e. The van der Waals surface area contributed by atoms with Crippen molar-refractivity contribution >= 4 is 17.8 Å². The average molecular weight is 275 g/mol. The molecule has 0 aromatic heterocycles. The van der Waals surface area contributed by atoms with Gasteiger partial charge in [0, 0.05) is 6.54 Å². The third-order valence-electron chi connectivity index (χ3n) is 3.52. The van der Waals surface area contributed by atoms with E-state index < -0.39 is 23.7 Å². The zero-order chi connectivity index (χ0) is 14.9. The molecule has 5 nitrogen and oxygen atoms in total. The molecule has 0 fully saturated rings. The lowest BCUT2D eigenvalue weighted by Crippen LogP contribution is -2.37. The summed E-state index contributed by atoms with van der Waals surface area (Å²) >= 11 is 0. The third kappa shape index (κ3) is 2.43. The highest BCUT2D eigenvalue weighted by atomic mass is 16.4. The number of aryl methyl sites for hydroxylation is 1. The van der Waals surface area contributed by atoms with Crippen LogP contribution >= 0.6 is 0 Å². The summed E-state index contributed by atoms with van der Waals surface area (Å²) in [6.07, 6.45) is 1.14. The summed E-state index contributed by atoms with van der Waals surface area (Å²) in [5.74, 6) is -2.47. The number of rotatable bonds is 5. The van der Waals surface area contributed by atoms with E-state index in [-0.39, 0.29) is 6.54 Å². The van der Waals surface area contributed by atoms with Gasteiger partial charge in [-0.1, -0.05) is 25.0 Å². The Hall–Kier alpha value is -2.17. The van der Waals surface area contributed by atoms with Gasteiger partial charge >= 0.3 is 5.97 Å². The summed E-state index contributed by atoms with van der Waals surface area (Å²) in [4.78, 5) is 36.6. The molecule has 106 valence electrons. The number of carbonyl (C=O) groups excluding carboxylic acids is 2. The Kier molecular flexibility index (Phi) is 3.88. The van der Waals surface area contributed by atoms with Gasteiger partial charge in [-0.05, 0) is 25.5 Å². The highest BCUT2D eigenvalue weighted by Crippen LogP contribution is 2.25. The number of benzene rings is 1. The Morgan fingerprint density at radius 2 is 1.90 bits per heavy atom. The van der Waals surface area contributed by atoms with Crippen LogP contribution in [-0.2, 0) is 4.79 Å². The van der Waals surface area contributed by atoms with Crippen LogP contribution in [0.4, 0.5) is 0 Å². The van der Waals surface area contributed by atoms with Crippen LogP contribution < -0.4 is 0 Å². The number of carboxylic acid groups (broad SMARTS) is 1. The standard InChI is InChI=1S/C15H17NO4/c1-3-4-10(15(19)20)8-16-13(17)11-6-5-9(2)7-12(11)14(16)18/h5-7,10H,3-4,8H2,1-2H3,(H,19,20). The van der Waals surface area contributed by atoms with Gasteiger partial charge < -0.3 is 5.11 Å². The van der Waals surface area contributed by atoms with E-state index >= 15 is 0 Å². The van der Waals surface area contributed by atoms with Crippen LogP contribution in [0.15, 0.2) is 18.2 Å². The maximum absolute atomic E-state index is 12.2. The molecule has 0 radical (unpaired) electrons. The number of fused-ring (bicyclic) bond motifs is 1. The van der Waals surface area contributed by atoms with Gasteiger partial charge in [-0.25, -0.2) is 0 Å². The van der Waals surface area contributed by atoms with E-state index in [4.69, 9.17) is 5.11 Å². The molecule has 1 aliphatic rings. The summed E-state index contributed by atoms with van der Waals surface area (Å²) in [5, 5.41) is 9.15. The Labute approximate surface area is 117 Å². The van der Waals surface area contributed by atoms with Crippen LogP contribution in [0, 0.1) is 12.8 Å². The second-order valence-corrected chi connectivity index (χ2v) is 5.09. The van der Waals surface area contributed by atoms with Crippen molar-refractivity contribution in [2.45, 2.75) is 26.7 Å². The van der Waals surface area contributed by atoms with Gasteiger partial charge in [-0.2, -0.15) is 0 Å². The van der Waals surface area contributed by atoms with Crippen LogP contribution in [-0.4, -0.2) is 34.3 Å². The lowest BCUT2D eigenvalue weighted by atomic mass is 10.0. The molecule has 1 atom stereocenters. The summed E-state index contributed by atoms with van der Waals surface area (Å²) in [6.45, 7) is 3.66. The van der Waals surface area contributed by atoms with Crippen LogP contribution in [0.3, 0.4) is 0 Å². The minimum absolute atomic E-state index is 0.0609. The molecule has 1 N–H and O–H groups in total. The normalized spacial score (nSPS) is 15.4. The number of hydrogen-bond donors (Lipinski definition) is 1. The minimum Gasteiger partial charge on any atom is -0.481 e. The number of carbonyl (C=O) groups is 3. The molecule has 1 heterocycles. The quantitative estimate of drug-likeness (QED) is 0.835. The average Bonchev–Trinajstić information content (AvgIpc) is 2.62. The van der Waals surface area contributed by atoms with E-state index in [1.807, 2.05) is 13.8 Å². The highest BCUT2D eigenvalue weighted by Gasteiger charge is 2.37. The molecular weight excluding hydrogens is 258 g/mol. The van der Waals surface area contributed by atoms with Crippen molar-refractivity contribution in [3.8, 4) is 0 Å². The molecule has 20 heavy (non-hydrogen) atoms. The minimum atomic E-state index is -0.973. The fourth-order valence-electron chi connectivity index (χ4n) is 2.43. The van der Waals surface area contributed by atoms with Crippen molar-refractivity contribution in [2.75, 3.05) is 6.54 Å². The van der Waals surface area contributed by atoms with Crippen LogP contribution in [0.1, 0.15) is 46.0 Å². The van der Waals surface area contributed by atoms with Crippen molar-refractivity contribution in [3.05, 3.63) is 34.9 Å². The molecule has 1 aliphatic heterocycles. The van der Waals surface area contributed by atoms with Gasteiger partial charge in [0.2, 0.25) is 0 Å². The summed E-state index contributed by atoms with van der Waals surface area (Å²) in [6, 6.07) is 5.07. The maximum atomic E-state index is 12.2.